The topological polar surface area (TPSA) is 20.5 Å². The van der Waals surface area contributed by atoms with E-state index in [0.29, 0.717) is 12.1 Å². The van der Waals surface area contributed by atoms with Crippen molar-refractivity contribution in [1.29, 1.82) is 0 Å². The van der Waals surface area contributed by atoms with Crippen molar-refractivity contribution in [3.8, 4) is 0 Å². The summed E-state index contributed by atoms with van der Waals surface area (Å²) in [6.45, 7) is 7.99. The molecule has 1 aliphatic heterocycles. The molecule has 0 bridgehead atoms. The summed E-state index contributed by atoms with van der Waals surface area (Å²) in [5.41, 5.74) is 2.54. The highest BCUT2D eigenvalue weighted by molar-refractivity contribution is 5.53. The van der Waals surface area contributed by atoms with Crippen LogP contribution in [0.1, 0.15) is 38.1 Å². The summed E-state index contributed by atoms with van der Waals surface area (Å²) in [5, 5.41) is 0. The van der Waals surface area contributed by atoms with Crippen LogP contribution in [0.3, 0.4) is 0 Å². The maximum absolute atomic E-state index is 4.65. The number of rotatable bonds is 3. The molecule has 2 aromatic heterocycles. The van der Waals surface area contributed by atoms with Gasteiger partial charge in [0.15, 0.2) is 0 Å². The van der Waals surface area contributed by atoms with Crippen molar-refractivity contribution in [3.05, 3.63) is 35.9 Å². The van der Waals surface area contributed by atoms with Gasteiger partial charge in [-0.2, -0.15) is 0 Å². The maximum Gasteiger partial charge on any atom is 0.114 e. The molecule has 1 atom stereocenters. The molecule has 2 aromatic rings. The summed E-state index contributed by atoms with van der Waals surface area (Å²) in [6.07, 6.45) is 7.85. The van der Waals surface area contributed by atoms with Crippen molar-refractivity contribution in [2.75, 3.05) is 6.54 Å². The molecule has 1 fully saturated rings. The third-order valence-corrected chi connectivity index (χ3v) is 4.36. The molecule has 0 spiro atoms. The second kappa shape index (κ2) is 4.97. The van der Waals surface area contributed by atoms with Gasteiger partial charge in [0.2, 0.25) is 0 Å². The number of fused-ring (bicyclic) bond motifs is 1. The lowest BCUT2D eigenvalue weighted by molar-refractivity contribution is 0.201. The van der Waals surface area contributed by atoms with Crippen LogP contribution < -0.4 is 0 Å². The molecule has 19 heavy (non-hydrogen) atoms. The Balaban J connectivity index is 1.87. The first kappa shape index (κ1) is 12.7. The van der Waals surface area contributed by atoms with E-state index in [4.69, 9.17) is 0 Å². The summed E-state index contributed by atoms with van der Waals surface area (Å²) in [5.74, 6) is 1.20. The lowest BCUT2D eigenvalue weighted by Crippen LogP contribution is -2.37. The molecular formula is C16H23N3. The average molecular weight is 257 g/mol. The smallest absolute Gasteiger partial charge is 0.114 e. The second-order valence-corrected chi connectivity index (χ2v) is 5.95. The van der Waals surface area contributed by atoms with Crippen LogP contribution in [0.5, 0.6) is 0 Å². The molecule has 0 saturated carbocycles. The number of likely N-dealkylation sites (tertiary alicyclic amines) is 1. The van der Waals surface area contributed by atoms with E-state index in [0.717, 1.165) is 6.42 Å². The minimum Gasteiger partial charge on any atom is -0.303 e. The number of pyridine rings is 1. The Hall–Kier alpha value is -1.35. The van der Waals surface area contributed by atoms with Gasteiger partial charge in [-0.25, -0.2) is 4.98 Å². The zero-order valence-electron chi connectivity index (χ0n) is 12.1. The van der Waals surface area contributed by atoms with Crippen LogP contribution in [0.15, 0.2) is 24.5 Å². The van der Waals surface area contributed by atoms with Crippen LogP contribution in [-0.2, 0) is 6.42 Å². The molecule has 0 aromatic carbocycles. The number of imidazole rings is 1. The monoisotopic (exact) mass is 257 g/mol. The maximum atomic E-state index is 4.65. The van der Waals surface area contributed by atoms with Crippen LogP contribution in [0.4, 0.5) is 0 Å². The number of nitrogens with zero attached hydrogens (tertiary/aromatic N) is 3. The zero-order chi connectivity index (χ0) is 13.4. The van der Waals surface area contributed by atoms with Crippen LogP contribution in [0, 0.1) is 6.92 Å². The Morgan fingerprint density at radius 3 is 3.05 bits per heavy atom. The van der Waals surface area contributed by atoms with E-state index in [2.05, 4.69) is 53.4 Å². The molecule has 1 unspecified atom stereocenters. The van der Waals surface area contributed by atoms with E-state index in [9.17, 15) is 0 Å². The van der Waals surface area contributed by atoms with Crippen molar-refractivity contribution in [2.45, 2.75) is 52.1 Å². The van der Waals surface area contributed by atoms with Gasteiger partial charge in [-0.05, 0) is 51.8 Å². The molecule has 3 nitrogen and oxygen atoms in total. The fourth-order valence-electron chi connectivity index (χ4n) is 3.33. The van der Waals surface area contributed by atoms with Crippen molar-refractivity contribution in [2.24, 2.45) is 0 Å². The molecule has 1 aliphatic rings. The normalized spacial score (nSPS) is 20.7. The van der Waals surface area contributed by atoms with Crippen LogP contribution in [0.25, 0.3) is 5.52 Å². The Morgan fingerprint density at radius 1 is 1.42 bits per heavy atom. The van der Waals surface area contributed by atoms with Gasteiger partial charge in [0.05, 0.1) is 11.7 Å². The third-order valence-electron chi connectivity index (χ3n) is 4.36. The Bertz CT molecular complexity index is 570. The van der Waals surface area contributed by atoms with Crippen molar-refractivity contribution in [3.63, 3.8) is 0 Å². The lowest BCUT2D eigenvalue weighted by Gasteiger charge is -2.27. The molecule has 0 aliphatic carbocycles. The molecule has 3 heterocycles. The van der Waals surface area contributed by atoms with Gasteiger partial charge < -0.3 is 4.40 Å². The first-order valence-electron chi connectivity index (χ1n) is 7.34. The summed E-state index contributed by atoms with van der Waals surface area (Å²) in [4.78, 5) is 7.27. The highest BCUT2D eigenvalue weighted by Crippen LogP contribution is 2.23. The van der Waals surface area contributed by atoms with E-state index in [1.165, 1.54) is 36.3 Å². The lowest BCUT2D eigenvalue weighted by atomic mass is 10.1. The number of aryl methyl sites for hydroxylation is 1. The second-order valence-electron chi connectivity index (χ2n) is 5.95. The summed E-state index contributed by atoms with van der Waals surface area (Å²) >= 11 is 0. The number of aromatic nitrogens is 2. The van der Waals surface area contributed by atoms with Gasteiger partial charge in [-0.1, -0.05) is 6.07 Å². The van der Waals surface area contributed by atoms with Gasteiger partial charge in [0, 0.05) is 24.7 Å². The van der Waals surface area contributed by atoms with E-state index >= 15 is 0 Å². The van der Waals surface area contributed by atoms with Crippen molar-refractivity contribution < 1.29 is 0 Å². The SMILES string of the molecule is Cc1cccn2c(CC3CCCN3C(C)C)ncc12. The molecule has 3 rings (SSSR count). The van der Waals surface area contributed by atoms with Gasteiger partial charge in [-0.15, -0.1) is 0 Å². The fourth-order valence-corrected chi connectivity index (χ4v) is 3.33. The van der Waals surface area contributed by atoms with Crippen molar-refractivity contribution in [1.82, 2.24) is 14.3 Å². The number of hydrogen-bond donors (Lipinski definition) is 0. The Kier molecular flexibility index (Phi) is 3.31. The summed E-state index contributed by atoms with van der Waals surface area (Å²) in [7, 11) is 0. The largest absolute Gasteiger partial charge is 0.303 e. The zero-order valence-corrected chi connectivity index (χ0v) is 12.1. The molecule has 3 heteroatoms. The summed E-state index contributed by atoms with van der Waals surface area (Å²) in [6, 6.07) is 5.56. The predicted molar refractivity (Wildman–Crippen MR) is 78.5 cm³/mol. The summed E-state index contributed by atoms with van der Waals surface area (Å²) < 4.78 is 2.26. The van der Waals surface area contributed by atoms with Gasteiger partial charge in [-0.3, -0.25) is 4.90 Å². The van der Waals surface area contributed by atoms with E-state index in [1.807, 2.05) is 6.20 Å². The molecule has 0 radical (unpaired) electrons. The van der Waals surface area contributed by atoms with Crippen LogP contribution in [-0.4, -0.2) is 32.9 Å². The molecule has 102 valence electrons. The molecule has 0 amide bonds. The van der Waals surface area contributed by atoms with E-state index < -0.39 is 0 Å². The minimum absolute atomic E-state index is 0.639. The Morgan fingerprint density at radius 2 is 2.26 bits per heavy atom. The first-order valence-corrected chi connectivity index (χ1v) is 7.34. The highest BCUT2D eigenvalue weighted by Gasteiger charge is 2.27. The van der Waals surface area contributed by atoms with Crippen molar-refractivity contribution >= 4 is 5.52 Å². The Labute approximate surface area is 115 Å². The first-order chi connectivity index (χ1) is 9.16. The van der Waals surface area contributed by atoms with E-state index in [1.54, 1.807) is 0 Å². The minimum atomic E-state index is 0.639. The molecule has 1 saturated heterocycles. The van der Waals surface area contributed by atoms with E-state index in [-0.39, 0.29) is 0 Å². The average Bonchev–Trinajstić information content (AvgIpc) is 2.98. The van der Waals surface area contributed by atoms with Gasteiger partial charge >= 0.3 is 0 Å². The molecule has 0 N–H and O–H groups in total. The molecular weight excluding hydrogens is 234 g/mol. The van der Waals surface area contributed by atoms with Crippen LogP contribution in [0.2, 0.25) is 0 Å². The quantitative estimate of drug-likeness (QED) is 0.842. The standard InChI is InChI=1S/C16H23N3/c1-12(2)18-8-5-7-14(18)10-16-17-11-15-13(3)6-4-9-19(15)16/h4,6,9,11-12,14H,5,7-8,10H2,1-3H3. The van der Waals surface area contributed by atoms with Crippen LogP contribution >= 0.6 is 0 Å². The highest BCUT2D eigenvalue weighted by atomic mass is 15.2. The fraction of sp³-hybridized carbons (Fsp3) is 0.562. The van der Waals surface area contributed by atoms with Gasteiger partial charge in [0.1, 0.15) is 5.82 Å². The third kappa shape index (κ3) is 2.27. The predicted octanol–water partition coefficient (Wildman–Crippen LogP) is 3.06. The van der Waals surface area contributed by atoms with Gasteiger partial charge in [0.25, 0.3) is 0 Å². The number of hydrogen-bond acceptors (Lipinski definition) is 2.